The monoisotopic (exact) mass is 267 g/mol. The third-order valence-electron chi connectivity index (χ3n) is 4.25. The predicted molar refractivity (Wildman–Crippen MR) is 82.5 cm³/mol. The molecule has 3 N–H and O–H groups in total. The van der Waals surface area contributed by atoms with Crippen molar-refractivity contribution in [1.29, 1.82) is 0 Å². The summed E-state index contributed by atoms with van der Waals surface area (Å²) in [6, 6.07) is 14.9. The van der Waals surface area contributed by atoms with E-state index in [9.17, 15) is 5.11 Å². The highest BCUT2D eigenvalue weighted by molar-refractivity contribution is 5.76. The zero-order valence-corrected chi connectivity index (χ0v) is 11.8. The molecule has 0 heterocycles. The van der Waals surface area contributed by atoms with Crippen molar-refractivity contribution in [2.45, 2.75) is 38.3 Å². The lowest BCUT2D eigenvalue weighted by Gasteiger charge is -2.16. The van der Waals surface area contributed by atoms with Gasteiger partial charge >= 0.3 is 0 Å². The highest BCUT2D eigenvalue weighted by atomic mass is 16.3. The van der Waals surface area contributed by atoms with E-state index in [1.807, 2.05) is 6.07 Å². The maximum Gasteiger partial charge on any atom is 0.0804 e. The highest BCUT2D eigenvalue weighted by Crippen LogP contribution is 2.37. The zero-order chi connectivity index (χ0) is 14.1. The molecule has 0 radical (unpaired) electrons. The van der Waals surface area contributed by atoms with Crippen molar-refractivity contribution in [3.63, 3.8) is 0 Å². The predicted octanol–water partition coefficient (Wildman–Crippen LogP) is 3.42. The van der Waals surface area contributed by atoms with Crippen LogP contribution in [0.4, 0.5) is 0 Å². The number of aliphatic hydroxyl groups excluding tert-OH is 1. The van der Waals surface area contributed by atoms with Gasteiger partial charge in [-0.25, -0.2) is 0 Å². The minimum atomic E-state index is -0.459. The largest absolute Gasteiger partial charge is 0.388 e. The fourth-order valence-electron chi connectivity index (χ4n) is 2.96. The average Bonchev–Trinajstić information content (AvgIpc) is 2.84. The van der Waals surface area contributed by atoms with E-state index in [4.69, 9.17) is 5.73 Å². The molecule has 2 nitrogen and oxygen atoms in total. The lowest BCUT2D eigenvalue weighted by Crippen LogP contribution is -2.21. The maximum atomic E-state index is 10.3. The summed E-state index contributed by atoms with van der Waals surface area (Å²) in [6.45, 7) is 2.05. The van der Waals surface area contributed by atoms with Gasteiger partial charge in [0, 0.05) is 6.04 Å². The van der Waals surface area contributed by atoms with E-state index in [1.165, 1.54) is 22.3 Å². The number of hydrogen-bond donors (Lipinski definition) is 2. The summed E-state index contributed by atoms with van der Waals surface area (Å²) < 4.78 is 0. The van der Waals surface area contributed by atoms with Crippen LogP contribution in [0.15, 0.2) is 42.5 Å². The van der Waals surface area contributed by atoms with Crippen LogP contribution in [-0.2, 0) is 6.42 Å². The van der Waals surface area contributed by atoms with Gasteiger partial charge in [0.2, 0.25) is 0 Å². The lowest BCUT2D eigenvalue weighted by molar-refractivity contribution is 0.157. The van der Waals surface area contributed by atoms with Gasteiger partial charge in [-0.3, -0.25) is 0 Å². The summed E-state index contributed by atoms with van der Waals surface area (Å²) in [4.78, 5) is 0. The minimum Gasteiger partial charge on any atom is -0.388 e. The Morgan fingerprint density at radius 2 is 1.85 bits per heavy atom. The first kappa shape index (κ1) is 13.3. The minimum absolute atomic E-state index is 0.0652. The first-order chi connectivity index (χ1) is 9.69. The summed E-state index contributed by atoms with van der Waals surface area (Å²) >= 11 is 0. The van der Waals surface area contributed by atoms with E-state index < -0.39 is 6.10 Å². The van der Waals surface area contributed by atoms with Crippen LogP contribution in [0.5, 0.6) is 0 Å². The molecule has 1 aliphatic rings. The van der Waals surface area contributed by atoms with Crippen molar-refractivity contribution in [1.82, 2.24) is 0 Å². The van der Waals surface area contributed by atoms with Gasteiger partial charge in [-0.05, 0) is 47.1 Å². The van der Waals surface area contributed by atoms with Crippen molar-refractivity contribution in [2.24, 2.45) is 5.73 Å². The van der Waals surface area contributed by atoms with Crippen LogP contribution >= 0.6 is 0 Å². The van der Waals surface area contributed by atoms with E-state index in [2.05, 4.69) is 43.3 Å². The van der Waals surface area contributed by atoms with Crippen LogP contribution in [0, 0.1) is 0 Å². The number of hydrogen-bond acceptors (Lipinski definition) is 2. The van der Waals surface area contributed by atoms with E-state index in [-0.39, 0.29) is 6.04 Å². The molecule has 0 aromatic heterocycles. The quantitative estimate of drug-likeness (QED) is 0.761. The van der Waals surface area contributed by atoms with E-state index in [0.29, 0.717) is 6.42 Å². The van der Waals surface area contributed by atoms with Gasteiger partial charge in [-0.2, -0.15) is 0 Å². The first-order valence-electron chi connectivity index (χ1n) is 7.33. The Morgan fingerprint density at radius 1 is 1.10 bits per heavy atom. The highest BCUT2D eigenvalue weighted by Gasteiger charge is 2.20. The van der Waals surface area contributed by atoms with Gasteiger partial charge in [0.05, 0.1) is 6.10 Å². The Hall–Kier alpha value is -1.64. The molecule has 2 unspecified atom stereocenters. The van der Waals surface area contributed by atoms with Crippen LogP contribution in [0.1, 0.15) is 42.6 Å². The number of nitrogens with two attached hydrogens (primary N) is 1. The second-order valence-electron chi connectivity index (χ2n) is 5.67. The fourth-order valence-corrected chi connectivity index (χ4v) is 2.96. The van der Waals surface area contributed by atoms with E-state index >= 15 is 0 Å². The Bertz CT molecular complexity index is 621. The SMILES string of the molecule is CCC(N)CC(O)c1ccc2c(c1)Cc1ccccc1-2. The summed E-state index contributed by atoms with van der Waals surface area (Å²) in [5.74, 6) is 0. The van der Waals surface area contributed by atoms with Crippen LogP contribution in [0.25, 0.3) is 11.1 Å². The molecule has 0 spiro atoms. The normalized spacial score (nSPS) is 15.6. The topological polar surface area (TPSA) is 46.2 Å². The number of fused-ring (bicyclic) bond motifs is 3. The molecular formula is C18H21NO. The summed E-state index contributed by atoms with van der Waals surface area (Å²) in [5, 5.41) is 10.3. The second kappa shape index (κ2) is 5.39. The molecule has 20 heavy (non-hydrogen) atoms. The van der Waals surface area contributed by atoms with Gasteiger partial charge in [0.1, 0.15) is 0 Å². The van der Waals surface area contributed by atoms with Gasteiger partial charge in [0.25, 0.3) is 0 Å². The molecule has 2 atom stereocenters. The molecular weight excluding hydrogens is 246 g/mol. The summed E-state index contributed by atoms with van der Waals surface area (Å²) in [5.41, 5.74) is 12.2. The summed E-state index contributed by atoms with van der Waals surface area (Å²) in [6.07, 6.45) is 2.03. The number of rotatable bonds is 4. The molecule has 0 bridgehead atoms. The Kier molecular flexibility index (Phi) is 3.60. The third-order valence-corrected chi connectivity index (χ3v) is 4.25. The zero-order valence-electron chi connectivity index (χ0n) is 11.8. The average molecular weight is 267 g/mol. The van der Waals surface area contributed by atoms with E-state index in [0.717, 1.165) is 18.4 Å². The van der Waals surface area contributed by atoms with Crippen LogP contribution in [0.3, 0.4) is 0 Å². The van der Waals surface area contributed by atoms with Gasteiger partial charge in [-0.15, -0.1) is 0 Å². The van der Waals surface area contributed by atoms with Gasteiger partial charge in [-0.1, -0.05) is 49.4 Å². The Balaban J connectivity index is 1.87. The molecule has 0 amide bonds. The van der Waals surface area contributed by atoms with Crippen LogP contribution in [-0.4, -0.2) is 11.1 Å². The van der Waals surface area contributed by atoms with Crippen molar-refractivity contribution in [3.8, 4) is 11.1 Å². The molecule has 1 aliphatic carbocycles. The van der Waals surface area contributed by atoms with Gasteiger partial charge < -0.3 is 10.8 Å². The molecule has 104 valence electrons. The van der Waals surface area contributed by atoms with Crippen molar-refractivity contribution in [2.75, 3.05) is 0 Å². The van der Waals surface area contributed by atoms with Gasteiger partial charge in [0.15, 0.2) is 0 Å². The smallest absolute Gasteiger partial charge is 0.0804 e. The molecule has 2 aromatic carbocycles. The standard InChI is InChI=1S/C18H21NO/c1-2-15(19)11-18(20)13-7-8-17-14(10-13)9-12-5-3-4-6-16(12)17/h3-8,10,15,18,20H,2,9,11,19H2,1H3. The van der Waals surface area contributed by atoms with Crippen LogP contribution < -0.4 is 5.73 Å². The molecule has 0 fully saturated rings. The second-order valence-corrected chi connectivity index (χ2v) is 5.67. The Labute approximate surface area is 120 Å². The van der Waals surface area contributed by atoms with Crippen LogP contribution in [0.2, 0.25) is 0 Å². The molecule has 0 saturated heterocycles. The Morgan fingerprint density at radius 3 is 2.65 bits per heavy atom. The molecule has 0 saturated carbocycles. The third kappa shape index (κ3) is 2.37. The number of aliphatic hydroxyl groups is 1. The molecule has 2 heteroatoms. The van der Waals surface area contributed by atoms with Crippen molar-refractivity contribution in [3.05, 3.63) is 59.2 Å². The fraction of sp³-hybridized carbons (Fsp3) is 0.333. The number of benzene rings is 2. The summed E-state index contributed by atoms with van der Waals surface area (Å²) in [7, 11) is 0. The maximum absolute atomic E-state index is 10.3. The molecule has 3 rings (SSSR count). The van der Waals surface area contributed by atoms with E-state index in [1.54, 1.807) is 0 Å². The molecule has 0 aliphatic heterocycles. The van der Waals surface area contributed by atoms with Crippen molar-refractivity contribution >= 4 is 0 Å². The van der Waals surface area contributed by atoms with Crippen molar-refractivity contribution < 1.29 is 5.11 Å². The molecule has 2 aromatic rings. The first-order valence-corrected chi connectivity index (χ1v) is 7.33. The lowest BCUT2D eigenvalue weighted by atomic mass is 9.97.